The van der Waals surface area contributed by atoms with Crippen LogP contribution in [0.4, 0.5) is 4.39 Å². The molecular weight excluding hydrogens is 377 g/mol. The number of sulfonamides is 1. The molecule has 1 unspecified atom stereocenters. The number of benzene rings is 1. The predicted molar refractivity (Wildman–Crippen MR) is 86.2 cm³/mol. The molecule has 136 valence electrons. The van der Waals surface area contributed by atoms with E-state index in [2.05, 4.69) is 0 Å². The predicted octanol–water partition coefficient (Wildman–Crippen LogP) is 1.97. The number of Topliss-reactive ketones (excluding diaryl/α,β-unsaturated/α-hetero) is 1. The summed E-state index contributed by atoms with van der Waals surface area (Å²) >= 11 is 5.70. The first kappa shape index (κ1) is 19.2. The molecule has 1 atom stereocenters. The first-order valence-electron chi connectivity index (χ1n) is 7.12. The van der Waals surface area contributed by atoms with Crippen LogP contribution in [0.5, 0.6) is 0 Å². The van der Waals surface area contributed by atoms with Crippen molar-refractivity contribution in [2.75, 3.05) is 5.75 Å². The number of hydrogen-bond donors (Lipinski definition) is 1. The minimum absolute atomic E-state index is 0.107. The number of carbonyl (C=O) groups is 2. The molecule has 1 heterocycles. The minimum atomic E-state index is -3.84. The van der Waals surface area contributed by atoms with Crippen LogP contribution >= 0.6 is 11.6 Å². The molecule has 0 saturated heterocycles. The highest BCUT2D eigenvalue weighted by Crippen LogP contribution is 2.40. The fourth-order valence-corrected chi connectivity index (χ4v) is 2.91. The minimum Gasteiger partial charge on any atom is -0.456 e. The molecule has 10 heteroatoms. The van der Waals surface area contributed by atoms with E-state index in [-0.39, 0.29) is 16.3 Å². The summed E-state index contributed by atoms with van der Waals surface area (Å²) in [5.74, 6) is -4.11. The molecule has 0 spiro atoms. The second-order valence-corrected chi connectivity index (χ2v) is 7.79. The summed E-state index contributed by atoms with van der Waals surface area (Å²) in [5.41, 5.74) is -2.11. The fourth-order valence-electron chi connectivity index (χ4n) is 2.19. The van der Waals surface area contributed by atoms with E-state index in [1.54, 1.807) is 0 Å². The molecule has 0 aromatic heterocycles. The Kier molecular flexibility index (Phi) is 5.10. The van der Waals surface area contributed by atoms with Gasteiger partial charge in [0, 0.05) is 17.5 Å². The lowest BCUT2D eigenvalue weighted by Gasteiger charge is -2.24. The third kappa shape index (κ3) is 3.77. The van der Waals surface area contributed by atoms with E-state index in [0.717, 1.165) is 13.0 Å². The van der Waals surface area contributed by atoms with Gasteiger partial charge in [-0.2, -0.15) is 0 Å². The molecule has 0 aliphatic carbocycles. The van der Waals surface area contributed by atoms with E-state index in [1.165, 1.54) is 26.0 Å². The van der Waals surface area contributed by atoms with Crippen LogP contribution in [0.1, 0.15) is 26.3 Å². The molecule has 1 aliphatic heterocycles. The van der Waals surface area contributed by atoms with Gasteiger partial charge in [0.2, 0.25) is 27.3 Å². The standard InChI is InChI=1S/C15H15ClFNO6S/c1-4-25(21,22)18-14-12(23-8(2)19)13(20)15(3,24-14)10-6-5-9(16)7-11(10)17/h5-7,18H,4H2,1-3H3. The molecule has 0 saturated carbocycles. The number of nitrogens with one attached hydrogen (secondary N) is 1. The topological polar surface area (TPSA) is 98.8 Å². The van der Waals surface area contributed by atoms with Gasteiger partial charge in [-0.3, -0.25) is 14.3 Å². The maximum atomic E-state index is 14.3. The highest BCUT2D eigenvalue weighted by atomic mass is 35.5. The van der Waals surface area contributed by atoms with Crippen LogP contribution in [0, 0.1) is 5.82 Å². The molecule has 7 nitrogen and oxygen atoms in total. The lowest BCUT2D eigenvalue weighted by atomic mass is 9.91. The molecule has 0 fully saturated rings. The molecular formula is C15H15ClFNO6S. The van der Waals surface area contributed by atoms with Crippen LogP contribution in [0.15, 0.2) is 29.8 Å². The van der Waals surface area contributed by atoms with Gasteiger partial charge in [-0.05, 0) is 26.0 Å². The Morgan fingerprint density at radius 3 is 2.60 bits per heavy atom. The molecule has 0 bridgehead atoms. The van der Waals surface area contributed by atoms with Crippen LogP contribution in [0.25, 0.3) is 0 Å². The lowest BCUT2D eigenvalue weighted by molar-refractivity contribution is -0.142. The van der Waals surface area contributed by atoms with Crippen molar-refractivity contribution in [2.24, 2.45) is 0 Å². The first-order chi connectivity index (χ1) is 11.5. The first-order valence-corrected chi connectivity index (χ1v) is 9.15. The summed E-state index contributed by atoms with van der Waals surface area (Å²) in [6.07, 6.45) is 0. The van der Waals surface area contributed by atoms with Gasteiger partial charge in [0.15, 0.2) is 0 Å². The van der Waals surface area contributed by atoms with E-state index in [0.29, 0.717) is 0 Å². The van der Waals surface area contributed by atoms with Crippen molar-refractivity contribution in [3.63, 3.8) is 0 Å². The zero-order valence-electron chi connectivity index (χ0n) is 13.6. The maximum Gasteiger partial charge on any atom is 0.308 e. The Hall–Kier alpha value is -2.13. The lowest BCUT2D eigenvalue weighted by Crippen LogP contribution is -2.33. The van der Waals surface area contributed by atoms with Crippen molar-refractivity contribution in [1.82, 2.24) is 4.72 Å². The number of ether oxygens (including phenoxy) is 2. The van der Waals surface area contributed by atoms with Crippen molar-refractivity contribution in [2.45, 2.75) is 26.4 Å². The van der Waals surface area contributed by atoms with Gasteiger partial charge >= 0.3 is 5.97 Å². The van der Waals surface area contributed by atoms with Gasteiger partial charge in [0.05, 0.1) is 5.75 Å². The highest BCUT2D eigenvalue weighted by Gasteiger charge is 2.51. The monoisotopic (exact) mass is 391 g/mol. The average molecular weight is 392 g/mol. The largest absolute Gasteiger partial charge is 0.456 e. The second-order valence-electron chi connectivity index (χ2n) is 5.35. The Bertz CT molecular complexity index is 882. The van der Waals surface area contributed by atoms with E-state index < -0.39 is 44.8 Å². The molecule has 25 heavy (non-hydrogen) atoms. The number of rotatable bonds is 5. The van der Waals surface area contributed by atoms with Gasteiger partial charge in [-0.15, -0.1) is 0 Å². The van der Waals surface area contributed by atoms with Gasteiger partial charge in [0.1, 0.15) is 5.82 Å². The third-order valence-corrected chi connectivity index (χ3v) is 4.96. The van der Waals surface area contributed by atoms with Gasteiger partial charge in [-0.1, -0.05) is 17.7 Å². The van der Waals surface area contributed by atoms with E-state index in [9.17, 15) is 22.4 Å². The van der Waals surface area contributed by atoms with E-state index in [4.69, 9.17) is 21.1 Å². The third-order valence-electron chi connectivity index (χ3n) is 3.47. The normalized spacial score (nSPS) is 20.4. The molecule has 0 radical (unpaired) electrons. The second kappa shape index (κ2) is 6.64. The highest BCUT2D eigenvalue weighted by molar-refractivity contribution is 7.89. The quantitative estimate of drug-likeness (QED) is 0.770. The number of ketones is 1. The summed E-state index contributed by atoms with van der Waals surface area (Å²) in [6.45, 7) is 3.63. The molecule has 1 aliphatic rings. The molecule has 1 aromatic rings. The Labute approximate surface area is 148 Å². The van der Waals surface area contributed by atoms with Crippen molar-refractivity contribution >= 4 is 33.4 Å². The summed E-state index contributed by atoms with van der Waals surface area (Å²) in [7, 11) is -3.84. The Balaban J connectivity index is 2.52. The number of hydrogen-bond acceptors (Lipinski definition) is 6. The molecule has 2 rings (SSSR count). The van der Waals surface area contributed by atoms with Crippen LogP contribution in [0.3, 0.4) is 0 Å². The van der Waals surface area contributed by atoms with Gasteiger partial charge in [-0.25, -0.2) is 12.8 Å². The molecule has 1 N–H and O–H groups in total. The summed E-state index contributed by atoms with van der Waals surface area (Å²) in [4.78, 5) is 23.9. The van der Waals surface area contributed by atoms with Crippen LogP contribution in [0.2, 0.25) is 5.02 Å². The van der Waals surface area contributed by atoms with Crippen molar-refractivity contribution < 1.29 is 31.9 Å². The number of carbonyl (C=O) groups excluding carboxylic acids is 2. The average Bonchev–Trinajstić information content (AvgIpc) is 2.71. The Morgan fingerprint density at radius 2 is 2.08 bits per heavy atom. The molecule has 0 amide bonds. The maximum absolute atomic E-state index is 14.3. The van der Waals surface area contributed by atoms with Crippen molar-refractivity contribution in [1.29, 1.82) is 0 Å². The van der Waals surface area contributed by atoms with Gasteiger partial charge in [0.25, 0.3) is 5.78 Å². The van der Waals surface area contributed by atoms with E-state index >= 15 is 0 Å². The summed E-state index contributed by atoms with van der Waals surface area (Å²) in [5, 5.41) is 0.107. The number of esters is 1. The number of halogens is 2. The van der Waals surface area contributed by atoms with Gasteiger partial charge < -0.3 is 9.47 Å². The zero-order chi connectivity index (χ0) is 19.0. The van der Waals surface area contributed by atoms with Crippen molar-refractivity contribution in [3.05, 3.63) is 46.2 Å². The summed E-state index contributed by atoms with van der Waals surface area (Å²) in [6, 6.07) is 3.57. The van der Waals surface area contributed by atoms with Crippen LogP contribution in [-0.2, 0) is 34.7 Å². The van der Waals surface area contributed by atoms with E-state index in [1.807, 2.05) is 4.72 Å². The Morgan fingerprint density at radius 1 is 1.44 bits per heavy atom. The smallest absolute Gasteiger partial charge is 0.308 e. The van der Waals surface area contributed by atoms with Crippen molar-refractivity contribution in [3.8, 4) is 0 Å². The molecule has 1 aromatic carbocycles. The zero-order valence-corrected chi connectivity index (χ0v) is 15.1. The summed E-state index contributed by atoms with van der Waals surface area (Å²) < 4.78 is 50.1. The van der Waals surface area contributed by atoms with Crippen LogP contribution < -0.4 is 4.72 Å². The van der Waals surface area contributed by atoms with Crippen LogP contribution in [-0.4, -0.2) is 25.9 Å². The SMILES string of the molecule is CCS(=O)(=O)NC1=C(OC(C)=O)C(=O)C(C)(c2ccc(Cl)cc2F)O1. The fraction of sp³-hybridized carbons (Fsp3) is 0.333.